The smallest absolute Gasteiger partial charge is 0.326 e. The number of likely N-dealkylation sites (tertiary alicyclic amines) is 1. The van der Waals surface area contributed by atoms with E-state index in [2.05, 4.69) is 5.32 Å². The van der Waals surface area contributed by atoms with Gasteiger partial charge >= 0.3 is 11.9 Å². The molecule has 0 spiro atoms. The van der Waals surface area contributed by atoms with Gasteiger partial charge in [0.2, 0.25) is 5.91 Å². The molecule has 0 aromatic heterocycles. The monoisotopic (exact) mass is 446 g/mol. The summed E-state index contributed by atoms with van der Waals surface area (Å²) in [6.07, 6.45) is 2.90. The Morgan fingerprint density at radius 3 is 2.66 bits per heavy atom. The van der Waals surface area contributed by atoms with Gasteiger partial charge in [-0.25, -0.2) is 4.79 Å². The molecule has 2 fully saturated rings. The van der Waals surface area contributed by atoms with Crippen LogP contribution < -0.4 is 5.32 Å². The van der Waals surface area contributed by atoms with E-state index in [1.54, 1.807) is 13.8 Å². The van der Waals surface area contributed by atoms with Crippen molar-refractivity contribution in [2.24, 2.45) is 5.92 Å². The summed E-state index contributed by atoms with van der Waals surface area (Å²) in [4.78, 5) is 39.5. The third-order valence-corrected chi connectivity index (χ3v) is 6.43. The number of hydrogen-bond donors (Lipinski definition) is 2. The van der Waals surface area contributed by atoms with Crippen molar-refractivity contribution in [3.8, 4) is 0 Å². The number of esters is 1. The van der Waals surface area contributed by atoms with E-state index in [1.807, 2.05) is 30.3 Å². The second-order valence-electron chi connectivity index (χ2n) is 8.59. The van der Waals surface area contributed by atoms with Crippen LogP contribution >= 0.6 is 0 Å². The van der Waals surface area contributed by atoms with Crippen molar-refractivity contribution in [3.63, 3.8) is 0 Å². The Hall–Kier alpha value is -2.45. The molecule has 2 saturated heterocycles. The lowest BCUT2D eigenvalue weighted by Crippen LogP contribution is -2.63. The molecule has 2 aliphatic heterocycles. The molecule has 3 rings (SSSR count). The maximum atomic E-state index is 13.5. The van der Waals surface area contributed by atoms with Gasteiger partial charge in [0.15, 0.2) is 0 Å². The van der Waals surface area contributed by atoms with Crippen LogP contribution in [0.15, 0.2) is 30.3 Å². The first kappa shape index (κ1) is 24.2. The van der Waals surface area contributed by atoms with E-state index in [0.29, 0.717) is 38.9 Å². The zero-order valence-corrected chi connectivity index (χ0v) is 18.9. The minimum atomic E-state index is -0.985. The Bertz CT molecular complexity index is 786. The second kappa shape index (κ2) is 11.4. The van der Waals surface area contributed by atoms with Gasteiger partial charge in [0, 0.05) is 18.6 Å². The van der Waals surface area contributed by atoms with E-state index in [1.165, 1.54) is 4.90 Å². The first-order valence-electron chi connectivity index (χ1n) is 11.5. The van der Waals surface area contributed by atoms with E-state index in [4.69, 9.17) is 9.47 Å². The van der Waals surface area contributed by atoms with Crippen LogP contribution in [-0.4, -0.2) is 71.8 Å². The number of carboxylic acid groups (broad SMARTS) is 1. The molecule has 2 aliphatic rings. The highest BCUT2D eigenvalue weighted by Crippen LogP contribution is 2.33. The van der Waals surface area contributed by atoms with Crippen LogP contribution in [0.3, 0.4) is 0 Å². The van der Waals surface area contributed by atoms with Crippen molar-refractivity contribution in [1.82, 2.24) is 10.2 Å². The second-order valence-corrected chi connectivity index (χ2v) is 8.59. The largest absolute Gasteiger partial charge is 0.480 e. The zero-order valence-electron chi connectivity index (χ0n) is 18.9. The lowest BCUT2D eigenvalue weighted by atomic mass is 9.82. The summed E-state index contributed by atoms with van der Waals surface area (Å²) >= 11 is 0. The van der Waals surface area contributed by atoms with Gasteiger partial charge < -0.3 is 19.5 Å². The van der Waals surface area contributed by atoms with Crippen molar-refractivity contribution in [2.45, 2.75) is 70.1 Å². The van der Waals surface area contributed by atoms with Gasteiger partial charge in [-0.3, -0.25) is 14.9 Å². The number of ether oxygens (including phenoxy) is 2. The number of fused-ring (bicyclic) bond motifs is 1. The molecule has 4 unspecified atom stereocenters. The number of benzene rings is 1. The molecular formula is C24H34N2O6. The van der Waals surface area contributed by atoms with Gasteiger partial charge in [0.05, 0.1) is 19.3 Å². The lowest BCUT2D eigenvalue weighted by Gasteiger charge is -2.47. The number of hydrogen-bond acceptors (Lipinski definition) is 6. The quantitative estimate of drug-likeness (QED) is 0.559. The molecule has 8 nitrogen and oxygen atoms in total. The Morgan fingerprint density at radius 1 is 1.22 bits per heavy atom. The van der Waals surface area contributed by atoms with E-state index >= 15 is 0 Å². The van der Waals surface area contributed by atoms with Gasteiger partial charge in [0.25, 0.3) is 0 Å². The predicted molar refractivity (Wildman–Crippen MR) is 118 cm³/mol. The molecule has 5 atom stereocenters. The number of carbonyl (C=O) groups is 3. The first-order chi connectivity index (χ1) is 15.4. The summed E-state index contributed by atoms with van der Waals surface area (Å²) in [5, 5.41) is 12.9. The van der Waals surface area contributed by atoms with Gasteiger partial charge in [0.1, 0.15) is 12.1 Å². The van der Waals surface area contributed by atoms with Gasteiger partial charge in [-0.1, -0.05) is 30.3 Å². The fourth-order valence-corrected chi connectivity index (χ4v) is 4.79. The Labute approximate surface area is 189 Å². The lowest BCUT2D eigenvalue weighted by molar-refractivity contribution is -0.163. The van der Waals surface area contributed by atoms with Crippen molar-refractivity contribution in [1.29, 1.82) is 0 Å². The van der Waals surface area contributed by atoms with Crippen LogP contribution in [0.5, 0.6) is 0 Å². The number of aliphatic carboxylic acids is 1. The average Bonchev–Trinajstić information content (AvgIpc) is 2.81. The molecule has 1 amide bonds. The number of piperidine rings is 1. The Morgan fingerprint density at radius 2 is 1.97 bits per heavy atom. The van der Waals surface area contributed by atoms with E-state index in [9.17, 15) is 19.5 Å². The molecule has 0 radical (unpaired) electrons. The van der Waals surface area contributed by atoms with E-state index < -0.39 is 30.1 Å². The molecule has 176 valence electrons. The van der Waals surface area contributed by atoms with Gasteiger partial charge in [-0.15, -0.1) is 0 Å². The fraction of sp³-hybridized carbons (Fsp3) is 0.625. The standard InChI is InChI=1S/C24H34N2O6/c1-3-32-24(30)19(11-9-17-7-5-4-6-8-17)25-16(2)22(27)26-20-13-14-31-15-18(20)10-12-21(26)23(28)29/h4-8,16,18-21,25H,3,9-15H2,1-2H3,(H,28,29)/t16-,18?,19?,20?,21?/m0/s1. The van der Waals surface area contributed by atoms with Crippen LogP contribution in [0, 0.1) is 5.92 Å². The highest BCUT2D eigenvalue weighted by atomic mass is 16.5. The van der Waals surface area contributed by atoms with Crippen LogP contribution in [0.4, 0.5) is 0 Å². The fourth-order valence-electron chi connectivity index (χ4n) is 4.79. The maximum Gasteiger partial charge on any atom is 0.326 e. The summed E-state index contributed by atoms with van der Waals surface area (Å²) in [5.74, 6) is -1.53. The minimum Gasteiger partial charge on any atom is -0.480 e. The van der Waals surface area contributed by atoms with Crippen molar-refractivity contribution >= 4 is 17.8 Å². The van der Waals surface area contributed by atoms with Crippen LogP contribution in [0.1, 0.15) is 45.1 Å². The summed E-state index contributed by atoms with van der Waals surface area (Å²) in [5.41, 5.74) is 1.09. The van der Waals surface area contributed by atoms with Crippen molar-refractivity contribution in [3.05, 3.63) is 35.9 Å². The summed E-state index contributed by atoms with van der Waals surface area (Å²) in [6.45, 7) is 4.75. The van der Waals surface area contributed by atoms with E-state index in [-0.39, 0.29) is 24.5 Å². The van der Waals surface area contributed by atoms with Gasteiger partial charge in [-0.05, 0) is 51.5 Å². The normalized spacial score (nSPS) is 24.8. The Balaban J connectivity index is 1.72. The third-order valence-electron chi connectivity index (χ3n) is 6.43. The molecule has 2 heterocycles. The summed E-state index contributed by atoms with van der Waals surface area (Å²) in [7, 11) is 0. The number of amides is 1. The minimum absolute atomic E-state index is 0.148. The van der Waals surface area contributed by atoms with Crippen LogP contribution in [0.2, 0.25) is 0 Å². The maximum absolute atomic E-state index is 13.5. The SMILES string of the molecule is CCOC(=O)C(CCc1ccccc1)N[C@@H](C)C(=O)N1C(C(=O)O)CCC2COCCC21. The number of aryl methyl sites for hydroxylation is 1. The highest BCUT2D eigenvalue weighted by molar-refractivity contribution is 5.88. The molecule has 1 aromatic rings. The first-order valence-corrected chi connectivity index (χ1v) is 11.5. The molecule has 0 bridgehead atoms. The zero-order chi connectivity index (χ0) is 23.1. The van der Waals surface area contributed by atoms with Crippen molar-refractivity contribution < 1.29 is 29.0 Å². The molecule has 0 saturated carbocycles. The van der Waals surface area contributed by atoms with Gasteiger partial charge in [-0.2, -0.15) is 0 Å². The molecule has 0 aliphatic carbocycles. The van der Waals surface area contributed by atoms with E-state index in [0.717, 1.165) is 12.0 Å². The van der Waals surface area contributed by atoms with Crippen molar-refractivity contribution in [2.75, 3.05) is 19.8 Å². The number of nitrogens with one attached hydrogen (secondary N) is 1. The predicted octanol–water partition coefficient (Wildman–Crippen LogP) is 2.01. The summed E-state index contributed by atoms with van der Waals surface area (Å²) < 4.78 is 10.8. The number of carbonyl (C=O) groups excluding carboxylic acids is 2. The summed E-state index contributed by atoms with van der Waals surface area (Å²) in [6, 6.07) is 7.43. The number of nitrogens with zero attached hydrogens (tertiary/aromatic N) is 1. The molecule has 1 aromatic carbocycles. The van der Waals surface area contributed by atoms with Crippen LogP contribution in [0.25, 0.3) is 0 Å². The topological polar surface area (TPSA) is 105 Å². The number of carboxylic acids is 1. The molecular weight excluding hydrogens is 412 g/mol. The molecule has 2 N–H and O–H groups in total. The highest BCUT2D eigenvalue weighted by Gasteiger charge is 2.45. The van der Waals surface area contributed by atoms with Crippen LogP contribution in [-0.2, 0) is 30.3 Å². The molecule has 8 heteroatoms. The molecule has 32 heavy (non-hydrogen) atoms. The Kier molecular flexibility index (Phi) is 8.64. The third kappa shape index (κ3) is 5.86. The number of rotatable bonds is 9. The average molecular weight is 447 g/mol.